The van der Waals surface area contributed by atoms with Crippen molar-refractivity contribution < 1.29 is 18.7 Å². The highest BCUT2D eigenvalue weighted by Crippen LogP contribution is 2.36. The maximum absolute atomic E-state index is 13.3. The molecule has 1 aliphatic heterocycles. The molecule has 0 saturated carbocycles. The lowest BCUT2D eigenvalue weighted by molar-refractivity contribution is 0.218. The van der Waals surface area contributed by atoms with Crippen LogP contribution in [0.25, 0.3) is 23.3 Å². The molecular formula is C23H16FNO3. The van der Waals surface area contributed by atoms with Crippen LogP contribution < -0.4 is 4.74 Å². The monoisotopic (exact) mass is 373 g/mol. The van der Waals surface area contributed by atoms with Gasteiger partial charge in [0.15, 0.2) is 5.58 Å². The van der Waals surface area contributed by atoms with E-state index in [0.717, 1.165) is 16.7 Å². The second-order valence-corrected chi connectivity index (χ2v) is 6.68. The molecule has 1 atom stereocenters. The molecule has 2 heterocycles. The van der Waals surface area contributed by atoms with Gasteiger partial charge in [0.25, 0.3) is 0 Å². The fraction of sp³-hybridized carbons (Fsp3) is 0.0870. The van der Waals surface area contributed by atoms with Crippen molar-refractivity contribution in [2.75, 3.05) is 0 Å². The van der Waals surface area contributed by atoms with E-state index in [0.29, 0.717) is 34.9 Å². The van der Waals surface area contributed by atoms with Gasteiger partial charge in [-0.2, -0.15) is 0 Å². The van der Waals surface area contributed by atoms with Gasteiger partial charge in [-0.3, -0.25) is 0 Å². The van der Waals surface area contributed by atoms with Crippen molar-refractivity contribution in [3.05, 3.63) is 94.6 Å². The van der Waals surface area contributed by atoms with Crippen LogP contribution in [0.2, 0.25) is 0 Å². The van der Waals surface area contributed by atoms with Gasteiger partial charge in [-0.15, -0.1) is 0 Å². The Kier molecular flexibility index (Phi) is 3.95. The molecule has 1 aliphatic rings. The summed E-state index contributed by atoms with van der Waals surface area (Å²) < 4.78 is 24.8. The third kappa shape index (κ3) is 2.96. The van der Waals surface area contributed by atoms with Gasteiger partial charge < -0.3 is 14.3 Å². The standard InChI is InChI=1S/C23H16FNO3/c24-16-7-9-21-19(12-16)25-22(28-21)10-6-14-5-8-20-18(11-14)23(26)17-4-2-1-3-15(17)13-27-20/h1-12,23,26H,13H2. The number of oxazole rings is 1. The molecule has 0 saturated heterocycles. The topological polar surface area (TPSA) is 55.5 Å². The second kappa shape index (κ2) is 6.62. The van der Waals surface area contributed by atoms with E-state index in [4.69, 9.17) is 9.15 Å². The van der Waals surface area contributed by atoms with Gasteiger partial charge in [0, 0.05) is 17.7 Å². The van der Waals surface area contributed by atoms with Crippen LogP contribution in [0.3, 0.4) is 0 Å². The van der Waals surface area contributed by atoms with Gasteiger partial charge in [0.1, 0.15) is 29.8 Å². The van der Waals surface area contributed by atoms with Crippen molar-refractivity contribution in [1.29, 1.82) is 0 Å². The third-order valence-electron chi connectivity index (χ3n) is 4.85. The number of rotatable bonds is 2. The van der Waals surface area contributed by atoms with Crippen LogP contribution in [0.4, 0.5) is 4.39 Å². The molecule has 4 aromatic rings. The van der Waals surface area contributed by atoms with Gasteiger partial charge in [0.05, 0.1) is 0 Å². The van der Waals surface area contributed by atoms with E-state index in [2.05, 4.69) is 4.98 Å². The molecule has 5 heteroatoms. The molecule has 28 heavy (non-hydrogen) atoms. The summed E-state index contributed by atoms with van der Waals surface area (Å²) in [7, 11) is 0. The van der Waals surface area contributed by atoms with Crippen LogP contribution in [0.5, 0.6) is 5.75 Å². The average molecular weight is 373 g/mol. The molecule has 0 radical (unpaired) electrons. The zero-order valence-corrected chi connectivity index (χ0v) is 14.8. The van der Waals surface area contributed by atoms with E-state index in [1.165, 1.54) is 12.1 Å². The van der Waals surface area contributed by atoms with Crippen molar-refractivity contribution in [2.45, 2.75) is 12.7 Å². The molecular weight excluding hydrogens is 357 g/mol. The highest BCUT2D eigenvalue weighted by Gasteiger charge is 2.22. The Bertz CT molecular complexity index is 1210. The number of halogens is 1. The molecule has 0 fully saturated rings. The molecule has 0 bridgehead atoms. The number of benzene rings is 3. The smallest absolute Gasteiger partial charge is 0.220 e. The minimum Gasteiger partial charge on any atom is -0.488 e. The quantitative estimate of drug-likeness (QED) is 0.530. The molecule has 0 aliphatic carbocycles. The molecule has 0 spiro atoms. The summed E-state index contributed by atoms with van der Waals surface area (Å²) in [5.74, 6) is 0.701. The number of aliphatic hydroxyl groups is 1. The van der Waals surface area contributed by atoms with Crippen LogP contribution in [-0.2, 0) is 6.61 Å². The van der Waals surface area contributed by atoms with Crippen LogP contribution in [-0.4, -0.2) is 10.1 Å². The molecule has 138 valence electrons. The first-order valence-corrected chi connectivity index (χ1v) is 8.94. The van der Waals surface area contributed by atoms with Crippen molar-refractivity contribution in [2.24, 2.45) is 0 Å². The van der Waals surface area contributed by atoms with Gasteiger partial charge in [-0.05, 0) is 47.0 Å². The van der Waals surface area contributed by atoms with Gasteiger partial charge >= 0.3 is 0 Å². The maximum atomic E-state index is 13.3. The van der Waals surface area contributed by atoms with Crippen molar-refractivity contribution in [3.8, 4) is 5.75 Å². The number of hydrogen-bond acceptors (Lipinski definition) is 4. The number of nitrogens with zero attached hydrogens (tertiary/aromatic N) is 1. The number of fused-ring (bicyclic) bond motifs is 3. The zero-order valence-electron chi connectivity index (χ0n) is 14.8. The first-order chi connectivity index (χ1) is 13.7. The highest BCUT2D eigenvalue weighted by molar-refractivity contribution is 5.76. The normalized spacial score (nSPS) is 15.9. The van der Waals surface area contributed by atoms with Crippen molar-refractivity contribution >= 4 is 23.3 Å². The first kappa shape index (κ1) is 16.7. The van der Waals surface area contributed by atoms with Gasteiger partial charge in [-0.25, -0.2) is 9.37 Å². The maximum Gasteiger partial charge on any atom is 0.220 e. The first-order valence-electron chi connectivity index (χ1n) is 8.94. The lowest BCUT2D eigenvalue weighted by Crippen LogP contribution is -2.01. The lowest BCUT2D eigenvalue weighted by atomic mass is 9.96. The van der Waals surface area contributed by atoms with Crippen LogP contribution in [0, 0.1) is 5.82 Å². The predicted octanol–water partition coefficient (Wildman–Crippen LogP) is 5.11. The van der Waals surface area contributed by atoms with E-state index >= 15 is 0 Å². The van der Waals surface area contributed by atoms with Crippen LogP contribution >= 0.6 is 0 Å². The Labute approximate surface area is 160 Å². The molecule has 1 unspecified atom stereocenters. The predicted molar refractivity (Wildman–Crippen MR) is 104 cm³/mol. The minimum atomic E-state index is -0.755. The number of aliphatic hydroxyl groups excluding tert-OH is 1. The largest absolute Gasteiger partial charge is 0.488 e. The van der Waals surface area contributed by atoms with Gasteiger partial charge in [-0.1, -0.05) is 30.3 Å². The molecule has 3 aromatic carbocycles. The Morgan fingerprint density at radius 2 is 1.89 bits per heavy atom. The summed E-state index contributed by atoms with van der Waals surface area (Å²) >= 11 is 0. The summed E-state index contributed by atoms with van der Waals surface area (Å²) in [6.07, 6.45) is 2.80. The number of hydrogen-bond donors (Lipinski definition) is 1. The number of ether oxygens (including phenoxy) is 1. The molecule has 0 amide bonds. The second-order valence-electron chi connectivity index (χ2n) is 6.68. The summed E-state index contributed by atoms with van der Waals surface area (Å²) in [4.78, 5) is 4.27. The average Bonchev–Trinajstić information content (AvgIpc) is 3.06. The van der Waals surface area contributed by atoms with Crippen LogP contribution in [0.15, 0.2) is 65.1 Å². The van der Waals surface area contributed by atoms with E-state index in [1.54, 1.807) is 12.1 Å². The summed E-state index contributed by atoms with van der Waals surface area (Å²) in [5.41, 5.74) is 4.41. The van der Waals surface area contributed by atoms with Gasteiger partial charge in [0.2, 0.25) is 5.89 Å². The Morgan fingerprint density at radius 3 is 2.82 bits per heavy atom. The lowest BCUT2D eigenvalue weighted by Gasteiger charge is -2.13. The third-order valence-corrected chi connectivity index (χ3v) is 4.85. The fourth-order valence-corrected chi connectivity index (χ4v) is 3.43. The van der Waals surface area contributed by atoms with E-state index < -0.39 is 6.10 Å². The molecule has 5 rings (SSSR count). The van der Waals surface area contributed by atoms with Crippen LogP contribution in [0.1, 0.15) is 34.2 Å². The summed E-state index contributed by atoms with van der Waals surface area (Å²) in [6.45, 7) is 0.425. The zero-order chi connectivity index (χ0) is 19.1. The summed E-state index contributed by atoms with van der Waals surface area (Å²) in [6, 6.07) is 17.6. The molecule has 1 aromatic heterocycles. The Morgan fingerprint density at radius 1 is 1.00 bits per heavy atom. The van der Waals surface area contributed by atoms with E-state index in [1.807, 2.05) is 48.5 Å². The molecule has 1 N–H and O–H groups in total. The minimum absolute atomic E-state index is 0.351. The van der Waals surface area contributed by atoms with Crippen molar-refractivity contribution in [1.82, 2.24) is 4.98 Å². The number of aromatic nitrogens is 1. The Balaban J connectivity index is 1.48. The SMILES string of the molecule is OC1c2ccccc2COc2ccc(C=Cc3nc4cc(F)ccc4o3)cc21. The highest BCUT2D eigenvalue weighted by atomic mass is 19.1. The summed E-state index contributed by atoms with van der Waals surface area (Å²) in [5, 5.41) is 10.9. The molecule has 4 nitrogen and oxygen atoms in total. The fourth-order valence-electron chi connectivity index (χ4n) is 3.43. The van der Waals surface area contributed by atoms with Crippen molar-refractivity contribution in [3.63, 3.8) is 0 Å². The Hall–Kier alpha value is -3.44. The van der Waals surface area contributed by atoms with E-state index in [-0.39, 0.29) is 5.82 Å². The van der Waals surface area contributed by atoms with E-state index in [9.17, 15) is 9.50 Å².